The van der Waals surface area contributed by atoms with Crippen LogP contribution >= 0.6 is 0 Å². The molecule has 124 valence electrons. The maximum absolute atomic E-state index is 12.5. The van der Waals surface area contributed by atoms with Crippen molar-refractivity contribution in [1.29, 1.82) is 0 Å². The Balaban J connectivity index is 1.91. The topological polar surface area (TPSA) is 66.8 Å². The van der Waals surface area contributed by atoms with Crippen molar-refractivity contribution in [3.63, 3.8) is 0 Å². The van der Waals surface area contributed by atoms with Crippen LogP contribution in [0.15, 0.2) is 24.3 Å². The van der Waals surface area contributed by atoms with Crippen molar-refractivity contribution in [2.45, 2.75) is 32.2 Å². The molecule has 5 nitrogen and oxygen atoms in total. The van der Waals surface area contributed by atoms with Crippen LogP contribution in [-0.4, -0.2) is 41.6 Å². The first kappa shape index (κ1) is 16.0. The van der Waals surface area contributed by atoms with Gasteiger partial charge in [0, 0.05) is 25.5 Å². The predicted molar refractivity (Wildman–Crippen MR) is 84.9 cm³/mol. The number of aliphatic carboxylic acids is 1. The molecule has 0 unspecified atom stereocenters. The van der Waals surface area contributed by atoms with Crippen LogP contribution in [0.25, 0.3) is 0 Å². The van der Waals surface area contributed by atoms with Crippen LogP contribution in [0.2, 0.25) is 0 Å². The summed E-state index contributed by atoms with van der Waals surface area (Å²) in [4.78, 5) is 26.0. The first-order valence-corrected chi connectivity index (χ1v) is 8.23. The summed E-state index contributed by atoms with van der Waals surface area (Å²) in [6, 6.07) is 7.48. The van der Waals surface area contributed by atoms with Gasteiger partial charge in [0.1, 0.15) is 0 Å². The van der Waals surface area contributed by atoms with Gasteiger partial charge in [0.25, 0.3) is 0 Å². The fourth-order valence-electron chi connectivity index (χ4n) is 3.61. The number of likely N-dealkylation sites (tertiary alicyclic amines) is 1. The second-order valence-corrected chi connectivity index (χ2v) is 6.61. The van der Waals surface area contributed by atoms with Gasteiger partial charge in [-0.1, -0.05) is 29.8 Å². The first-order chi connectivity index (χ1) is 11.1. The van der Waals surface area contributed by atoms with Crippen LogP contribution in [-0.2, 0) is 14.3 Å². The molecule has 1 aromatic carbocycles. The van der Waals surface area contributed by atoms with Gasteiger partial charge >= 0.3 is 5.97 Å². The Morgan fingerprint density at radius 3 is 2.65 bits per heavy atom. The highest BCUT2D eigenvalue weighted by atomic mass is 16.5. The van der Waals surface area contributed by atoms with Gasteiger partial charge in [0.05, 0.1) is 18.6 Å². The number of carboxylic acids is 1. The van der Waals surface area contributed by atoms with E-state index < -0.39 is 11.9 Å². The third kappa shape index (κ3) is 3.39. The highest BCUT2D eigenvalue weighted by molar-refractivity contribution is 5.81. The number of carbonyl (C=O) groups is 2. The van der Waals surface area contributed by atoms with Crippen LogP contribution in [0.4, 0.5) is 0 Å². The van der Waals surface area contributed by atoms with E-state index in [0.29, 0.717) is 31.9 Å². The number of rotatable bonds is 4. The lowest BCUT2D eigenvalue weighted by Gasteiger charge is -2.41. The molecule has 2 fully saturated rings. The zero-order valence-corrected chi connectivity index (χ0v) is 13.4. The Labute approximate surface area is 136 Å². The molecule has 3 atom stereocenters. The average molecular weight is 317 g/mol. The molecule has 0 radical (unpaired) electrons. The summed E-state index contributed by atoms with van der Waals surface area (Å²) in [5.41, 5.74) is 2.04. The van der Waals surface area contributed by atoms with E-state index in [0.717, 1.165) is 24.2 Å². The highest BCUT2D eigenvalue weighted by Crippen LogP contribution is 2.38. The average Bonchev–Trinajstić information content (AvgIpc) is 3.03. The molecule has 0 spiro atoms. The summed E-state index contributed by atoms with van der Waals surface area (Å²) in [6.07, 6.45) is 1.65. The monoisotopic (exact) mass is 317 g/mol. The lowest BCUT2D eigenvalue weighted by Crippen LogP contribution is -2.47. The Kier molecular flexibility index (Phi) is 4.66. The number of carboxylic acid groups (broad SMARTS) is 1. The summed E-state index contributed by atoms with van der Waals surface area (Å²) in [5.74, 6) is -1.01. The number of ether oxygens (including phenoxy) is 1. The van der Waals surface area contributed by atoms with Gasteiger partial charge in [-0.3, -0.25) is 9.59 Å². The quantitative estimate of drug-likeness (QED) is 0.926. The molecular formula is C18H23NO4. The van der Waals surface area contributed by atoms with Gasteiger partial charge < -0.3 is 14.7 Å². The van der Waals surface area contributed by atoms with Gasteiger partial charge in [0.2, 0.25) is 5.91 Å². The summed E-state index contributed by atoms with van der Waals surface area (Å²) in [7, 11) is 0. The molecule has 2 aliphatic rings. The van der Waals surface area contributed by atoms with Crippen molar-refractivity contribution in [2.24, 2.45) is 11.8 Å². The van der Waals surface area contributed by atoms with Crippen molar-refractivity contribution >= 4 is 11.9 Å². The Bertz CT molecular complexity index is 577. The summed E-state index contributed by atoms with van der Waals surface area (Å²) < 4.78 is 5.41. The fourth-order valence-corrected chi connectivity index (χ4v) is 3.61. The molecule has 0 saturated carbocycles. The van der Waals surface area contributed by atoms with Gasteiger partial charge in [0.15, 0.2) is 0 Å². The van der Waals surface area contributed by atoms with Crippen molar-refractivity contribution in [3.8, 4) is 0 Å². The van der Waals surface area contributed by atoms with Crippen LogP contribution < -0.4 is 0 Å². The molecular weight excluding hydrogens is 294 g/mol. The molecule has 23 heavy (non-hydrogen) atoms. The molecule has 3 rings (SSSR count). The molecule has 1 N–H and O–H groups in total. The van der Waals surface area contributed by atoms with Gasteiger partial charge in [-0.15, -0.1) is 0 Å². The number of amides is 1. The number of aryl methyl sites for hydroxylation is 1. The van der Waals surface area contributed by atoms with Gasteiger partial charge in [-0.2, -0.15) is 0 Å². The number of benzene rings is 1. The van der Waals surface area contributed by atoms with Crippen LogP contribution in [0.5, 0.6) is 0 Å². The third-order valence-electron chi connectivity index (χ3n) is 4.92. The SMILES string of the molecule is Cc1ccc([C@@H]2[C@@H](C(=O)O)CCC(=O)N2C[C@H]2CCOC2)cc1. The lowest BCUT2D eigenvalue weighted by atomic mass is 9.83. The molecule has 1 amide bonds. The lowest BCUT2D eigenvalue weighted by molar-refractivity contribution is -0.152. The molecule has 0 aromatic heterocycles. The van der Waals surface area contributed by atoms with E-state index in [4.69, 9.17) is 4.74 Å². The molecule has 2 aliphatic heterocycles. The first-order valence-electron chi connectivity index (χ1n) is 8.23. The zero-order valence-electron chi connectivity index (χ0n) is 13.4. The standard InChI is InChI=1S/C18H23NO4/c1-12-2-4-14(5-3-12)17-15(18(21)22)6-7-16(20)19(17)10-13-8-9-23-11-13/h2-5,13,15,17H,6-11H2,1H3,(H,21,22)/t13-,15+,17-/m1/s1. The van der Waals surface area contributed by atoms with E-state index in [-0.39, 0.29) is 11.9 Å². The van der Waals surface area contributed by atoms with Crippen molar-refractivity contribution in [1.82, 2.24) is 4.90 Å². The predicted octanol–water partition coefficient (Wildman–Crippen LogP) is 2.40. The summed E-state index contributed by atoms with van der Waals surface area (Å²) in [6.45, 7) is 3.96. The van der Waals surface area contributed by atoms with Crippen LogP contribution in [0, 0.1) is 18.8 Å². The second kappa shape index (κ2) is 6.71. The molecule has 0 aliphatic carbocycles. The minimum Gasteiger partial charge on any atom is -0.481 e. The minimum absolute atomic E-state index is 0.0555. The molecule has 0 bridgehead atoms. The van der Waals surface area contributed by atoms with Gasteiger partial charge in [-0.25, -0.2) is 0 Å². The number of carbonyl (C=O) groups excluding carboxylic acids is 1. The third-order valence-corrected chi connectivity index (χ3v) is 4.92. The number of hydrogen-bond acceptors (Lipinski definition) is 3. The maximum Gasteiger partial charge on any atom is 0.308 e. The molecule has 2 heterocycles. The zero-order chi connectivity index (χ0) is 16.4. The van der Waals surface area contributed by atoms with Crippen LogP contribution in [0.3, 0.4) is 0 Å². The summed E-state index contributed by atoms with van der Waals surface area (Å²) in [5, 5.41) is 9.63. The Morgan fingerprint density at radius 2 is 2.04 bits per heavy atom. The largest absolute Gasteiger partial charge is 0.481 e. The number of piperidine rings is 1. The van der Waals surface area contributed by atoms with Gasteiger partial charge in [-0.05, 0) is 25.3 Å². The maximum atomic E-state index is 12.5. The van der Waals surface area contributed by atoms with E-state index in [2.05, 4.69) is 0 Å². The minimum atomic E-state index is -0.823. The number of hydrogen-bond donors (Lipinski definition) is 1. The smallest absolute Gasteiger partial charge is 0.308 e. The normalized spacial score (nSPS) is 28.1. The van der Waals surface area contributed by atoms with E-state index >= 15 is 0 Å². The van der Waals surface area contributed by atoms with Crippen molar-refractivity contribution in [3.05, 3.63) is 35.4 Å². The Hall–Kier alpha value is -1.88. The summed E-state index contributed by atoms with van der Waals surface area (Å²) >= 11 is 0. The molecule has 1 aromatic rings. The van der Waals surface area contributed by atoms with E-state index in [1.54, 1.807) is 4.90 Å². The second-order valence-electron chi connectivity index (χ2n) is 6.61. The van der Waals surface area contributed by atoms with Crippen LogP contribution in [0.1, 0.15) is 36.4 Å². The number of nitrogens with zero attached hydrogens (tertiary/aromatic N) is 1. The van der Waals surface area contributed by atoms with Crippen molar-refractivity contribution < 1.29 is 19.4 Å². The Morgan fingerprint density at radius 1 is 1.30 bits per heavy atom. The van der Waals surface area contributed by atoms with E-state index in [9.17, 15) is 14.7 Å². The fraction of sp³-hybridized carbons (Fsp3) is 0.556. The molecule has 2 saturated heterocycles. The van der Waals surface area contributed by atoms with E-state index in [1.165, 1.54) is 0 Å². The highest BCUT2D eigenvalue weighted by Gasteiger charge is 2.41. The van der Waals surface area contributed by atoms with E-state index in [1.807, 2.05) is 31.2 Å². The van der Waals surface area contributed by atoms with Crippen molar-refractivity contribution in [2.75, 3.05) is 19.8 Å². The molecule has 5 heteroatoms.